The van der Waals surface area contributed by atoms with Crippen molar-refractivity contribution < 1.29 is 9.32 Å². The second kappa shape index (κ2) is 7.89. The van der Waals surface area contributed by atoms with E-state index in [1.807, 2.05) is 32.0 Å². The number of hydrogen-bond acceptors (Lipinski definition) is 4. The van der Waals surface area contributed by atoms with E-state index in [-0.39, 0.29) is 12.5 Å². The Morgan fingerprint density at radius 1 is 1.15 bits per heavy atom. The number of aryl methyl sites for hydroxylation is 1. The van der Waals surface area contributed by atoms with Crippen LogP contribution in [0.3, 0.4) is 0 Å². The van der Waals surface area contributed by atoms with Crippen LogP contribution < -0.4 is 0 Å². The van der Waals surface area contributed by atoms with Gasteiger partial charge >= 0.3 is 0 Å². The van der Waals surface area contributed by atoms with Crippen LogP contribution in [-0.2, 0) is 6.54 Å². The van der Waals surface area contributed by atoms with Crippen molar-refractivity contribution in [3.05, 3.63) is 69.5 Å². The van der Waals surface area contributed by atoms with Gasteiger partial charge in [-0.2, -0.15) is 4.98 Å². The second-order valence-electron chi connectivity index (χ2n) is 5.80. The molecule has 0 aliphatic carbocycles. The molecule has 0 saturated carbocycles. The molecule has 0 spiro atoms. The quantitative estimate of drug-likeness (QED) is 0.614. The van der Waals surface area contributed by atoms with Gasteiger partial charge in [0.25, 0.3) is 5.91 Å². The maximum Gasteiger partial charge on any atom is 0.254 e. The Morgan fingerprint density at radius 3 is 2.54 bits per heavy atom. The average molecular weight is 390 g/mol. The van der Waals surface area contributed by atoms with Gasteiger partial charge in [-0.25, -0.2) is 0 Å². The van der Waals surface area contributed by atoms with Crippen LogP contribution in [0.1, 0.15) is 28.7 Å². The normalized spacial score (nSPS) is 10.8. The van der Waals surface area contributed by atoms with Crippen molar-refractivity contribution in [3.63, 3.8) is 0 Å². The van der Waals surface area contributed by atoms with Gasteiger partial charge < -0.3 is 9.42 Å². The number of halogens is 2. The summed E-state index contributed by atoms with van der Waals surface area (Å²) in [4.78, 5) is 18.7. The van der Waals surface area contributed by atoms with E-state index in [0.29, 0.717) is 33.9 Å². The number of carbonyl (C=O) groups is 1. The van der Waals surface area contributed by atoms with Crippen LogP contribution >= 0.6 is 23.2 Å². The maximum absolute atomic E-state index is 12.7. The number of nitrogens with zero attached hydrogens (tertiary/aromatic N) is 3. The number of aromatic nitrogens is 2. The van der Waals surface area contributed by atoms with E-state index in [4.69, 9.17) is 27.7 Å². The predicted molar refractivity (Wildman–Crippen MR) is 101 cm³/mol. The molecule has 0 bridgehead atoms. The average Bonchev–Trinajstić information content (AvgIpc) is 3.10. The number of benzene rings is 2. The molecule has 134 valence electrons. The van der Waals surface area contributed by atoms with E-state index in [1.165, 1.54) is 0 Å². The Morgan fingerprint density at radius 2 is 1.88 bits per heavy atom. The third-order valence-corrected chi connectivity index (χ3v) is 4.64. The summed E-state index contributed by atoms with van der Waals surface area (Å²) in [5.74, 6) is 0.683. The van der Waals surface area contributed by atoms with Gasteiger partial charge in [0.2, 0.25) is 11.7 Å². The molecule has 7 heteroatoms. The summed E-state index contributed by atoms with van der Waals surface area (Å²) in [7, 11) is 0. The van der Waals surface area contributed by atoms with Crippen molar-refractivity contribution in [2.75, 3.05) is 6.54 Å². The van der Waals surface area contributed by atoms with Crippen LogP contribution in [0.15, 0.2) is 47.0 Å². The van der Waals surface area contributed by atoms with Gasteiger partial charge in [0.1, 0.15) is 6.54 Å². The van der Waals surface area contributed by atoms with Gasteiger partial charge in [0.05, 0.1) is 0 Å². The summed E-state index contributed by atoms with van der Waals surface area (Å²) in [6.45, 7) is 4.51. The molecule has 3 rings (SSSR count). The Balaban J connectivity index is 1.76. The summed E-state index contributed by atoms with van der Waals surface area (Å²) >= 11 is 12.0. The molecule has 0 N–H and O–H groups in total. The third-order valence-electron chi connectivity index (χ3n) is 3.98. The standard InChI is InChI=1S/C19H17Cl2N3O2/c1-3-24(19(25)14-5-4-12(2)16(21)10-14)11-17-22-18(23-26-17)13-6-8-15(20)9-7-13/h4-10H,3,11H2,1-2H3. The first-order valence-corrected chi connectivity index (χ1v) is 8.87. The van der Waals surface area contributed by atoms with E-state index < -0.39 is 0 Å². The highest BCUT2D eigenvalue weighted by atomic mass is 35.5. The summed E-state index contributed by atoms with van der Waals surface area (Å²) in [5, 5.41) is 5.17. The third kappa shape index (κ3) is 4.06. The summed E-state index contributed by atoms with van der Waals surface area (Å²) in [5.41, 5.74) is 2.25. The summed E-state index contributed by atoms with van der Waals surface area (Å²) < 4.78 is 5.30. The molecule has 0 saturated heterocycles. The molecule has 1 aromatic heterocycles. The van der Waals surface area contributed by atoms with Gasteiger partial charge in [-0.3, -0.25) is 4.79 Å². The van der Waals surface area contributed by atoms with Crippen molar-refractivity contribution in [1.29, 1.82) is 0 Å². The lowest BCUT2D eigenvalue weighted by atomic mass is 10.1. The van der Waals surface area contributed by atoms with E-state index in [0.717, 1.165) is 11.1 Å². The number of amides is 1. The van der Waals surface area contributed by atoms with Crippen molar-refractivity contribution in [1.82, 2.24) is 15.0 Å². The van der Waals surface area contributed by atoms with Crippen molar-refractivity contribution in [3.8, 4) is 11.4 Å². The molecular formula is C19H17Cl2N3O2. The molecular weight excluding hydrogens is 373 g/mol. The minimum Gasteiger partial charge on any atom is -0.337 e. The molecule has 5 nitrogen and oxygen atoms in total. The first kappa shape index (κ1) is 18.4. The fraction of sp³-hybridized carbons (Fsp3) is 0.211. The second-order valence-corrected chi connectivity index (χ2v) is 6.65. The molecule has 1 amide bonds. The lowest BCUT2D eigenvalue weighted by Gasteiger charge is -2.19. The number of rotatable bonds is 5. The van der Waals surface area contributed by atoms with Gasteiger partial charge in [-0.05, 0) is 55.8 Å². The molecule has 0 aliphatic rings. The largest absolute Gasteiger partial charge is 0.337 e. The highest BCUT2D eigenvalue weighted by Gasteiger charge is 2.19. The number of carbonyl (C=O) groups excluding carboxylic acids is 1. The van der Waals surface area contributed by atoms with Crippen LogP contribution in [0.5, 0.6) is 0 Å². The predicted octanol–water partition coefficient (Wildman–Crippen LogP) is 5.01. The smallest absolute Gasteiger partial charge is 0.254 e. The zero-order chi connectivity index (χ0) is 18.7. The Bertz CT molecular complexity index is 923. The molecule has 0 unspecified atom stereocenters. The molecule has 0 radical (unpaired) electrons. The van der Waals surface area contributed by atoms with E-state index in [1.54, 1.807) is 29.2 Å². The Kier molecular flexibility index (Phi) is 5.59. The number of hydrogen-bond donors (Lipinski definition) is 0. The van der Waals surface area contributed by atoms with E-state index in [2.05, 4.69) is 10.1 Å². The van der Waals surface area contributed by atoms with E-state index >= 15 is 0 Å². The Labute approximate surface area is 161 Å². The highest BCUT2D eigenvalue weighted by Crippen LogP contribution is 2.21. The minimum atomic E-state index is -0.138. The van der Waals surface area contributed by atoms with Gasteiger partial charge in [-0.1, -0.05) is 34.4 Å². The van der Waals surface area contributed by atoms with Gasteiger partial charge in [-0.15, -0.1) is 0 Å². The van der Waals surface area contributed by atoms with E-state index in [9.17, 15) is 4.79 Å². The SMILES string of the molecule is CCN(Cc1nc(-c2ccc(Cl)cc2)no1)C(=O)c1ccc(C)c(Cl)c1. The van der Waals surface area contributed by atoms with Crippen molar-refractivity contribution in [2.24, 2.45) is 0 Å². The zero-order valence-corrected chi connectivity index (χ0v) is 15.9. The highest BCUT2D eigenvalue weighted by molar-refractivity contribution is 6.31. The lowest BCUT2D eigenvalue weighted by molar-refractivity contribution is 0.0734. The Hall–Kier alpha value is -2.37. The fourth-order valence-electron chi connectivity index (χ4n) is 2.43. The zero-order valence-electron chi connectivity index (χ0n) is 14.4. The topological polar surface area (TPSA) is 59.2 Å². The monoisotopic (exact) mass is 389 g/mol. The minimum absolute atomic E-state index is 0.138. The lowest BCUT2D eigenvalue weighted by Crippen LogP contribution is -2.30. The summed E-state index contributed by atoms with van der Waals surface area (Å²) in [6.07, 6.45) is 0. The van der Waals surface area contributed by atoms with Crippen molar-refractivity contribution in [2.45, 2.75) is 20.4 Å². The van der Waals surface area contributed by atoms with Crippen LogP contribution in [-0.4, -0.2) is 27.5 Å². The molecule has 0 aliphatic heterocycles. The molecule has 3 aromatic rings. The maximum atomic E-state index is 12.7. The van der Waals surface area contributed by atoms with Gasteiger partial charge in [0, 0.05) is 27.7 Å². The fourth-order valence-corrected chi connectivity index (χ4v) is 2.74. The van der Waals surface area contributed by atoms with Crippen LogP contribution in [0.2, 0.25) is 10.0 Å². The van der Waals surface area contributed by atoms with Crippen LogP contribution in [0, 0.1) is 6.92 Å². The van der Waals surface area contributed by atoms with Crippen molar-refractivity contribution >= 4 is 29.1 Å². The summed E-state index contributed by atoms with van der Waals surface area (Å²) in [6, 6.07) is 12.4. The molecule has 26 heavy (non-hydrogen) atoms. The van der Waals surface area contributed by atoms with Crippen LogP contribution in [0.25, 0.3) is 11.4 Å². The molecule has 2 aromatic carbocycles. The first-order valence-electron chi connectivity index (χ1n) is 8.12. The van der Waals surface area contributed by atoms with Gasteiger partial charge in [0.15, 0.2) is 0 Å². The molecule has 0 atom stereocenters. The van der Waals surface area contributed by atoms with Crippen LogP contribution in [0.4, 0.5) is 0 Å². The first-order chi connectivity index (χ1) is 12.5. The molecule has 1 heterocycles. The molecule has 0 fully saturated rings.